The van der Waals surface area contributed by atoms with Gasteiger partial charge in [-0.25, -0.2) is 0 Å². The maximum Gasteiger partial charge on any atom is 0.162 e. The third-order valence-electron chi connectivity index (χ3n) is 3.01. The van der Waals surface area contributed by atoms with Crippen molar-refractivity contribution in [2.75, 3.05) is 6.61 Å². The summed E-state index contributed by atoms with van der Waals surface area (Å²) in [5, 5.41) is 8.18. The molecule has 3 rings (SSSR count). The van der Waals surface area contributed by atoms with E-state index in [1.807, 2.05) is 6.33 Å². The first kappa shape index (κ1) is 8.41. The first-order chi connectivity index (χ1) is 6.95. The lowest BCUT2D eigenvalue weighted by Crippen LogP contribution is -2.16. The van der Waals surface area contributed by atoms with E-state index in [4.69, 9.17) is 4.74 Å². The third kappa shape index (κ3) is 1.43. The number of rotatable bonds is 2. The van der Waals surface area contributed by atoms with E-state index >= 15 is 0 Å². The van der Waals surface area contributed by atoms with Crippen LogP contribution in [0.4, 0.5) is 0 Å². The SMILES string of the molecule is c1nnc(C2CCCCO2)n1C1CC1. The van der Waals surface area contributed by atoms with Crippen LogP contribution in [-0.2, 0) is 4.74 Å². The van der Waals surface area contributed by atoms with E-state index in [0.717, 1.165) is 18.9 Å². The van der Waals surface area contributed by atoms with Gasteiger partial charge in [-0.2, -0.15) is 0 Å². The Morgan fingerprint density at radius 1 is 1.29 bits per heavy atom. The Hall–Kier alpha value is -0.900. The molecule has 1 aromatic rings. The molecule has 2 fully saturated rings. The summed E-state index contributed by atoms with van der Waals surface area (Å²) in [6.45, 7) is 0.877. The Bertz CT molecular complexity index is 313. The summed E-state index contributed by atoms with van der Waals surface area (Å²) < 4.78 is 7.92. The highest BCUT2D eigenvalue weighted by atomic mass is 16.5. The van der Waals surface area contributed by atoms with Crippen LogP contribution in [0, 0.1) is 0 Å². The molecule has 1 saturated carbocycles. The lowest BCUT2D eigenvalue weighted by Gasteiger charge is -2.22. The Morgan fingerprint density at radius 3 is 2.93 bits per heavy atom. The predicted molar refractivity (Wildman–Crippen MR) is 50.8 cm³/mol. The van der Waals surface area contributed by atoms with Crippen LogP contribution in [0.5, 0.6) is 0 Å². The zero-order valence-corrected chi connectivity index (χ0v) is 8.22. The van der Waals surface area contributed by atoms with E-state index in [-0.39, 0.29) is 6.10 Å². The van der Waals surface area contributed by atoms with E-state index in [9.17, 15) is 0 Å². The van der Waals surface area contributed by atoms with Crippen molar-refractivity contribution in [3.63, 3.8) is 0 Å². The molecule has 4 heteroatoms. The maximum atomic E-state index is 5.72. The Balaban J connectivity index is 1.82. The van der Waals surface area contributed by atoms with Gasteiger partial charge in [0.15, 0.2) is 5.82 Å². The fourth-order valence-electron chi connectivity index (χ4n) is 2.06. The van der Waals surface area contributed by atoms with E-state index in [1.54, 1.807) is 0 Å². The summed E-state index contributed by atoms with van der Waals surface area (Å²) in [4.78, 5) is 0. The highest BCUT2D eigenvalue weighted by Crippen LogP contribution is 2.38. The zero-order chi connectivity index (χ0) is 9.38. The van der Waals surface area contributed by atoms with Crippen molar-refractivity contribution in [2.45, 2.75) is 44.2 Å². The largest absolute Gasteiger partial charge is 0.370 e. The van der Waals surface area contributed by atoms with Gasteiger partial charge in [0.25, 0.3) is 0 Å². The van der Waals surface area contributed by atoms with Crippen molar-refractivity contribution in [1.82, 2.24) is 14.8 Å². The van der Waals surface area contributed by atoms with Crippen molar-refractivity contribution in [3.05, 3.63) is 12.2 Å². The van der Waals surface area contributed by atoms with Gasteiger partial charge in [-0.1, -0.05) is 0 Å². The molecule has 0 bridgehead atoms. The molecule has 1 aliphatic carbocycles. The van der Waals surface area contributed by atoms with Crippen molar-refractivity contribution < 1.29 is 4.74 Å². The lowest BCUT2D eigenvalue weighted by molar-refractivity contribution is 0.00709. The van der Waals surface area contributed by atoms with Crippen molar-refractivity contribution >= 4 is 0 Å². The van der Waals surface area contributed by atoms with Gasteiger partial charge in [-0.05, 0) is 32.1 Å². The number of hydrogen-bond donors (Lipinski definition) is 0. The molecule has 1 atom stereocenters. The number of nitrogens with zero attached hydrogens (tertiary/aromatic N) is 3. The molecule has 0 N–H and O–H groups in total. The molecular weight excluding hydrogens is 178 g/mol. The molecule has 2 aliphatic rings. The second-order valence-corrected chi connectivity index (χ2v) is 4.18. The first-order valence-electron chi connectivity index (χ1n) is 5.46. The van der Waals surface area contributed by atoms with Gasteiger partial charge in [0.1, 0.15) is 12.4 Å². The average Bonchev–Trinajstić information content (AvgIpc) is 2.98. The van der Waals surface area contributed by atoms with Crippen LogP contribution in [0.25, 0.3) is 0 Å². The topological polar surface area (TPSA) is 39.9 Å². The van der Waals surface area contributed by atoms with Gasteiger partial charge in [-0.15, -0.1) is 10.2 Å². The summed E-state index contributed by atoms with van der Waals surface area (Å²) >= 11 is 0. The zero-order valence-electron chi connectivity index (χ0n) is 8.22. The van der Waals surface area contributed by atoms with E-state index < -0.39 is 0 Å². The monoisotopic (exact) mass is 193 g/mol. The van der Waals surface area contributed by atoms with Gasteiger partial charge in [0.05, 0.1) is 0 Å². The van der Waals surface area contributed by atoms with Crippen LogP contribution in [0.2, 0.25) is 0 Å². The molecule has 0 spiro atoms. The molecule has 1 aromatic heterocycles. The lowest BCUT2D eigenvalue weighted by atomic mass is 10.1. The molecule has 0 amide bonds. The summed E-state index contributed by atoms with van der Waals surface area (Å²) in [6.07, 6.45) is 8.15. The standard InChI is InChI=1S/C10H15N3O/c1-2-6-14-9(3-1)10-12-11-7-13(10)8-4-5-8/h7-9H,1-6H2. The summed E-state index contributed by atoms with van der Waals surface area (Å²) in [5.74, 6) is 1.05. The molecule has 1 aliphatic heterocycles. The number of hydrogen-bond acceptors (Lipinski definition) is 3. The molecule has 76 valence electrons. The summed E-state index contributed by atoms with van der Waals surface area (Å²) in [7, 11) is 0. The molecule has 4 nitrogen and oxygen atoms in total. The molecule has 0 radical (unpaired) electrons. The summed E-state index contributed by atoms with van der Waals surface area (Å²) in [6, 6.07) is 0.658. The quantitative estimate of drug-likeness (QED) is 0.719. The summed E-state index contributed by atoms with van der Waals surface area (Å²) in [5.41, 5.74) is 0. The molecule has 0 aromatic carbocycles. The highest BCUT2D eigenvalue weighted by molar-refractivity contribution is 4.99. The van der Waals surface area contributed by atoms with E-state index in [0.29, 0.717) is 6.04 Å². The Kier molecular flexibility index (Phi) is 2.01. The molecule has 1 saturated heterocycles. The fourth-order valence-corrected chi connectivity index (χ4v) is 2.06. The molecule has 1 unspecified atom stereocenters. The number of aromatic nitrogens is 3. The Labute approximate surface area is 83.3 Å². The Morgan fingerprint density at radius 2 is 2.21 bits per heavy atom. The molecular formula is C10H15N3O. The second kappa shape index (κ2) is 3.35. The van der Waals surface area contributed by atoms with Crippen LogP contribution in [0.1, 0.15) is 50.1 Å². The van der Waals surface area contributed by atoms with Crippen LogP contribution >= 0.6 is 0 Å². The first-order valence-corrected chi connectivity index (χ1v) is 5.46. The van der Waals surface area contributed by atoms with E-state index in [2.05, 4.69) is 14.8 Å². The van der Waals surface area contributed by atoms with E-state index in [1.165, 1.54) is 25.7 Å². The number of ether oxygens (including phenoxy) is 1. The average molecular weight is 193 g/mol. The highest BCUT2D eigenvalue weighted by Gasteiger charge is 2.30. The van der Waals surface area contributed by atoms with Crippen LogP contribution in [0.3, 0.4) is 0 Å². The van der Waals surface area contributed by atoms with Crippen LogP contribution < -0.4 is 0 Å². The van der Waals surface area contributed by atoms with Gasteiger partial charge in [-0.3, -0.25) is 0 Å². The van der Waals surface area contributed by atoms with Gasteiger partial charge in [0.2, 0.25) is 0 Å². The molecule has 2 heterocycles. The van der Waals surface area contributed by atoms with Gasteiger partial charge in [0, 0.05) is 12.6 Å². The third-order valence-corrected chi connectivity index (χ3v) is 3.01. The molecule has 14 heavy (non-hydrogen) atoms. The normalized spacial score (nSPS) is 27.9. The minimum atomic E-state index is 0.201. The minimum Gasteiger partial charge on any atom is -0.370 e. The smallest absolute Gasteiger partial charge is 0.162 e. The van der Waals surface area contributed by atoms with Crippen molar-refractivity contribution in [3.8, 4) is 0 Å². The second-order valence-electron chi connectivity index (χ2n) is 4.18. The van der Waals surface area contributed by atoms with Crippen LogP contribution in [-0.4, -0.2) is 21.4 Å². The van der Waals surface area contributed by atoms with Gasteiger partial charge >= 0.3 is 0 Å². The van der Waals surface area contributed by atoms with Gasteiger partial charge < -0.3 is 9.30 Å². The minimum absolute atomic E-state index is 0.201. The predicted octanol–water partition coefficient (Wildman–Crippen LogP) is 1.85. The maximum absolute atomic E-state index is 5.72. The van der Waals surface area contributed by atoms with Crippen molar-refractivity contribution in [1.29, 1.82) is 0 Å². The van der Waals surface area contributed by atoms with Crippen molar-refractivity contribution in [2.24, 2.45) is 0 Å². The van der Waals surface area contributed by atoms with Crippen LogP contribution in [0.15, 0.2) is 6.33 Å². The fraction of sp³-hybridized carbons (Fsp3) is 0.800.